The van der Waals surface area contributed by atoms with Gasteiger partial charge in [-0.15, -0.1) is 0 Å². The minimum atomic E-state index is -0.388. The molecule has 0 aliphatic carbocycles. The fourth-order valence-electron chi connectivity index (χ4n) is 2.13. The highest BCUT2D eigenvalue weighted by Gasteiger charge is 2.08. The van der Waals surface area contributed by atoms with Crippen LogP contribution >= 0.6 is 0 Å². The first kappa shape index (κ1) is 14.9. The number of benzene rings is 2. The van der Waals surface area contributed by atoms with Crippen LogP contribution in [0.15, 0.2) is 55.1 Å². The molecular formula is C17H15FN4O. The topological polar surface area (TPSA) is 59.8 Å². The van der Waals surface area contributed by atoms with Gasteiger partial charge in [-0.3, -0.25) is 4.79 Å². The molecular weight excluding hydrogens is 295 g/mol. The summed E-state index contributed by atoms with van der Waals surface area (Å²) in [5, 5.41) is 6.79. The number of hydrogen-bond acceptors (Lipinski definition) is 3. The van der Waals surface area contributed by atoms with Crippen LogP contribution in [-0.4, -0.2) is 20.7 Å². The van der Waals surface area contributed by atoms with Crippen molar-refractivity contribution < 1.29 is 9.18 Å². The highest BCUT2D eigenvalue weighted by Crippen LogP contribution is 2.14. The molecule has 0 saturated carbocycles. The third-order valence-corrected chi connectivity index (χ3v) is 3.46. The lowest BCUT2D eigenvalue weighted by Gasteiger charge is -2.07. The number of amides is 1. The Bertz CT molecular complexity index is 813. The molecule has 1 amide bonds. The number of halogens is 1. The van der Waals surface area contributed by atoms with Crippen molar-refractivity contribution in [2.45, 2.75) is 13.5 Å². The Hall–Kier alpha value is -3.02. The maximum absolute atomic E-state index is 13.5. The molecule has 116 valence electrons. The van der Waals surface area contributed by atoms with Crippen LogP contribution in [-0.2, 0) is 6.54 Å². The first-order valence-electron chi connectivity index (χ1n) is 7.11. The fourth-order valence-corrected chi connectivity index (χ4v) is 2.13. The second-order valence-corrected chi connectivity index (χ2v) is 5.21. The monoisotopic (exact) mass is 310 g/mol. The van der Waals surface area contributed by atoms with Gasteiger partial charge < -0.3 is 5.32 Å². The average Bonchev–Trinajstić information content (AvgIpc) is 3.05. The number of hydrogen-bond donors (Lipinski definition) is 1. The van der Waals surface area contributed by atoms with Crippen LogP contribution in [0.25, 0.3) is 0 Å². The highest BCUT2D eigenvalue weighted by molar-refractivity contribution is 6.04. The predicted octanol–water partition coefficient (Wildman–Crippen LogP) is 3.03. The molecule has 0 atom stereocenters. The van der Waals surface area contributed by atoms with Gasteiger partial charge in [0, 0.05) is 11.3 Å². The van der Waals surface area contributed by atoms with Gasteiger partial charge in [0.1, 0.15) is 18.5 Å². The van der Waals surface area contributed by atoms with Crippen LogP contribution in [0.5, 0.6) is 0 Å². The number of nitrogens with one attached hydrogen (secondary N) is 1. The minimum Gasteiger partial charge on any atom is -0.322 e. The molecule has 1 heterocycles. The largest absolute Gasteiger partial charge is 0.322 e. The molecule has 0 unspecified atom stereocenters. The molecule has 0 bridgehead atoms. The number of nitrogens with zero attached hydrogens (tertiary/aromatic N) is 3. The maximum atomic E-state index is 13.5. The van der Waals surface area contributed by atoms with Gasteiger partial charge in [0.2, 0.25) is 0 Å². The normalized spacial score (nSPS) is 10.5. The molecule has 23 heavy (non-hydrogen) atoms. The maximum Gasteiger partial charge on any atom is 0.255 e. The van der Waals surface area contributed by atoms with E-state index in [9.17, 15) is 9.18 Å². The van der Waals surface area contributed by atoms with Crippen molar-refractivity contribution in [3.8, 4) is 0 Å². The molecule has 3 aromatic rings. The van der Waals surface area contributed by atoms with Gasteiger partial charge in [-0.05, 0) is 42.3 Å². The molecule has 0 aliphatic heterocycles. The summed E-state index contributed by atoms with van der Waals surface area (Å²) in [6.45, 7) is 2.27. The van der Waals surface area contributed by atoms with Crippen LogP contribution < -0.4 is 5.32 Å². The van der Waals surface area contributed by atoms with Crippen molar-refractivity contribution in [2.75, 3.05) is 5.32 Å². The molecule has 5 nitrogen and oxygen atoms in total. The average molecular weight is 310 g/mol. The van der Waals surface area contributed by atoms with Crippen molar-refractivity contribution in [1.82, 2.24) is 14.8 Å². The summed E-state index contributed by atoms with van der Waals surface area (Å²) in [7, 11) is 0. The van der Waals surface area contributed by atoms with Crippen LogP contribution in [0.2, 0.25) is 0 Å². The number of carbonyl (C=O) groups excluding carboxylic acids is 1. The molecule has 1 aromatic heterocycles. The van der Waals surface area contributed by atoms with E-state index < -0.39 is 0 Å². The number of aryl methyl sites for hydroxylation is 1. The summed E-state index contributed by atoms with van der Waals surface area (Å²) < 4.78 is 15.2. The van der Waals surface area contributed by atoms with Crippen molar-refractivity contribution in [1.29, 1.82) is 0 Å². The first-order valence-corrected chi connectivity index (χ1v) is 7.11. The molecule has 0 aliphatic rings. The van der Waals surface area contributed by atoms with Crippen molar-refractivity contribution in [3.63, 3.8) is 0 Å². The highest BCUT2D eigenvalue weighted by atomic mass is 19.1. The lowest BCUT2D eigenvalue weighted by atomic mass is 10.1. The van der Waals surface area contributed by atoms with Gasteiger partial charge in [-0.2, -0.15) is 5.10 Å². The van der Waals surface area contributed by atoms with E-state index in [4.69, 9.17) is 0 Å². The third kappa shape index (κ3) is 3.60. The second-order valence-electron chi connectivity index (χ2n) is 5.21. The summed E-state index contributed by atoms with van der Waals surface area (Å²) in [6.07, 6.45) is 3.12. The van der Waals surface area contributed by atoms with Crippen LogP contribution in [0.3, 0.4) is 0 Å². The lowest BCUT2D eigenvalue weighted by molar-refractivity contribution is 0.102. The molecule has 1 N–H and O–H groups in total. The molecule has 0 radical (unpaired) electrons. The number of aromatic nitrogens is 3. The Morgan fingerprint density at radius 1 is 1.22 bits per heavy atom. The van der Waals surface area contributed by atoms with Gasteiger partial charge >= 0.3 is 0 Å². The summed E-state index contributed by atoms with van der Waals surface area (Å²) in [5.74, 6) is -0.728. The van der Waals surface area contributed by atoms with Crippen molar-refractivity contribution >= 4 is 11.6 Å². The zero-order valence-electron chi connectivity index (χ0n) is 12.5. The molecule has 0 spiro atoms. The third-order valence-electron chi connectivity index (χ3n) is 3.46. The van der Waals surface area contributed by atoms with Gasteiger partial charge in [0.25, 0.3) is 5.91 Å². The second kappa shape index (κ2) is 6.39. The van der Waals surface area contributed by atoms with E-state index in [0.717, 1.165) is 5.56 Å². The molecule has 0 saturated heterocycles. The Morgan fingerprint density at radius 3 is 2.65 bits per heavy atom. The van der Waals surface area contributed by atoms with E-state index in [1.54, 1.807) is 42.2 Å². The van der Waals surface area contributed by atoms with E-state index in [1.807, 2.05) is 12.1 Å². The lowest BCUT2D eigenvalue weighted by Crippen LogP contribution is -2.12. The van der Waals surface area contributed by atoms with Gasteiger partial charge in [-0.1, -0.05) is 18.2 Å². The van der Waals surface area contributed by atoms with E-state index in [1.165, 1.54) is 12.4 Å². The number of carbonyl (C=O) groups is 1. The zero-order chi connectivity index (χ0) is 16.2. The quantitative estimate of drug-likeness (QED) is 0.806. The van der Waals surface area contributed by atoms with E-state index >= 15 is 0 Å². The summed E-state index contributed by atoms with van der Waals surface area (Å²) in [4.78, 5) is 16.0. The fraction of sp³-hybridized carbons (Fsp3) is 0.118. The van der Waals surface area contributed by atoms with Crippen LogP contribution in [0.4, 0.5) is 10.1 Å². The molecule has 2 aromatic carbocycles. The summed E-state index contributed by atoms with van der Waals surface area (Å²) in [5.41, 5.74) is 2.49. The van der Waals surface area contributed by atoms with Gasteiger partial charge in [0.05, 0.1) is 6.54 Å². The van der Waals surface area contributed by atoms with Gasteiger partial charge in [0.15, 0.2) is 0 Å². The Morgan fingerprint density at radius 2 is 2.00 bits per heavy atom. The van der Waals surface area contributed by atoms with Crippen molar-refractivity contribution in [3.05, 3.63) is 77.6 Å². The minimum absolute atomic E-state index is 0.291. The molecule has 0 fully saturated rings. The van der Waals surface area contributed by atoms with Crippen LogP contribution in [0, 0.1) is 12.7 Å². The van der Waals surface area contributed by atoms with E-state index in [-0.39, 0.29) is 11.7 Å². The van der Waals surface area contributed by atoms with Crippen LogP contribution in [0.1, 0.15) is 21.5 Å². The Balaban J connectivity index is 1.67. The summed E-state index contributed by atoms with van der Waals surface area (Å²) >= 11 is 0. The smallest absolute Gasteiger partial charge is 0.255 e. The standard InChI is InChI=1S/C17H15FN4O/c1-12-2-5-14(8-16(12)18)17(23)21-15-6-3-13(4-7-15)9-22-11-19-10-20-22/h2-8,10-11H,9H2,1H3,(H,21,23). The van der Waals surface area contributed by atoms with E-state index in [2.05, 4.69) is 15.4 Å². The zero-order valence-corrected chi connectivity index (χ0v) is 12.5. The Labute approximate surface area is 132 Å². The van der Waals surface area contributed by atoms with Gasteiger partial charge in [-0.25, -0.2) is 14.1 Å². The van der Waals surface area contributed by atoms with Crippen molar-refractivity contribution in [2.24, 2.45) is 0 Å². The number of anilines is 1. The van der Waals surface area contributed by atoms with E-state index in [0.29, 0.717) is 23.4 Å². The number of rotatable bonds is 4. The summed E-state index contributed by atoms with van der Waals surface area (Å²) in [6, 6.07) is 11.8. The molecule has 6 heteroatoms. The SMILES string of the molecule is Cc1ccc(C(=O)Nc2ccc(Cn3cncn3)cc2)cc1F. The molecule has 3 rings (SSSR count). The predicted molar refractivity (Wildman–Crippen MR) is 84.7 cm³/mol. The Kier molecular flexibility index (Phi) is 4.14. The first-order chi connectivity index (χ1) is 11.1.